The predicted octanol–water partition coefficient (Wildman–Crippen LogP) is 3.05. The van der Waals surface area contributed by atoms with Gasteiger partial charge in [0.2, 0.25) is 0 Å². The van der Waals surface area contributed by atoms with Gasteiger partial charge < -0.3 is 0 Å². The van der Waals surface area contributed by atoms with Crippen molar-refractivity contribution < 1.29 is 4.79 Å². The molecule has 4 heteroatoms. The SMILES string of the molecule is Cc1ccc(C(=O)/C=C/c2csnn2)c(C)c1. The molecule has 0 radical (unpaired) electrons. The Labute approximate surface area is 104 Å². The van der Waals surface area contributed by atoms with Crippen LogP contribution in [-0.4, -0.2) is 15.4 Å². The van der Waals surface area contributed by atoms with Gasteiger partial charge in [-0.15, -0.1) is 5.10 Å². The highest BCUT2D eigenvalue weighted by Gasteiger charge is 2.05. The molecule has 0 atom stereocenters. The third-order valence-electron chi connectivity index (χ3n) is 2.43. The largest absolute Gasteiger partial charge is 0.289 e. The maximum Gasteiger partial charge on any atom is 0.186 e. The van der Waals surface area contributed by atoms with E-state index in [1.165, 1.54) is 17.6 Å². The van der Waals surface area contributed by atoms with Crippen molar-refractivity contribution in [3.05, 3.63) is 52.0 Å². The number of aryl methyl sites for hydroxylation is 2. The highest BCUT2D eigenvalue weighted by molar-refractivity contribution is 7.03. The van der Waals surface area contributed by atoms with Crippen LogP contribution >= 0.6 is 11.5 Å². The van der Waals surface area contributed by atoms with E-state index in [9.17, 15) is 4.79 Å². The van der Waals surface area contributed by atoms with E-state index in [1.54, 1.807) is 11.5 Å². The van der Waals surface area contributed by atoms with E-state index in [0.29, 0.717) is 5.69 Å². The number of rotatable bonds is 3. The summed E-state index contributed by atoms with van der Waals surface area (Å²) in [7, 11) is 0. The van der Waals surface area contributed by atoms with E-state index in [0.717, 1.165) is 16.7 Å². The zero-order valence-electron chi connectivity index (χ0n) is 9.68. The molecular weight excluding hydrogens is 232 g/mol. The van der Waals surface area contributed by atoms with Crippen molar-refractivity contribution in [1.29, 1.82) is 0 Å². The molecule has 86 valence electrons. The van der Waals surface area contributed by atoms with Crippen LogP contribution in [0.2, 0.25) is 0 Å². The maximum absolute atomic E-state index is 11.9. The Hall–Kier alpha value is -1.81. The number of aromatic nitrogens is 2. The molecule has 0 spiro atoms. The van der Waals surface area contributed by atoms with Crippen molar-refractivity contribution in [2.75, 3.05) is 0 Å². The van der Waals surface area contributed by atoms with Gasteiger partial charge in [-0.25, -0.2) is 0 Å². The second-order valence-corrected chi connectivity index (χ2v) is 4.46. The van der Waals surface area contributed by atoms with Gasteiger partial charge in [0.1, 0.15) is 0 Å². The molecule has 1 heterocycles. The smallest absolute Gasteiger partial charge is 0.186 e. The second kappa shape index (κ2) is 5.01. The first kappa shape index (κ1) is 11.7. The molecule has 3 nitrogen and oxygen atoms in total. The number of ketones is 1. The van der Waals surface area contributed by atoms with Crippen LogP contribution in [0, 0.1) is 13.8 Å². The summed E-state index contributed by atoms with van der Waals surface area (Å²) in [5.74, 6) is -0.00417. The molecule has 0 aliphatic carbocycles. The van der Waals surface area contributed by atoms with Crippen LogP contribution in [0.4, 0.5) is 0 Å². The van der Waals surface area contributed by atoms with Crippen molar-refractivity contribution in [1.82, 2.24) is 9.59 Å². The topological polar surface area (TPSA) is 42.9 Å². The summed E-state index contributed by atoms with van der Waals surface area (Å²) in [5, 5.41) is 5.65. The van der Waals surface area contributed by atoms with E-state index in [2.05, 4.69) is 9.59 Å². The molecule has 0 bridgehead atoms. The van der Waals surface area contributed by atoms with Crippen LogP contribution in [0.3, 0.4) is 0 Å². The van der Waals surface area contributed by atoms with Crippen molar-refractivity contribution >= 4 is 23.4 Å². The fourth-order valence-electron chi connectivity index (χ4n) is 1.59. The fourth-order valence-corrected chi connectivity index (χ4v) is 2.01. The number of hydrogen-bond acceptors (Lipinski definition) is 4. The molecule has 0 aliphatic rings. The Bertz CT molecular complexity index is 559. The maximum atomic E-state index is 11.9. The van der Waals surface area contributed by atoms with Crippen LogP contribution in [0.25, 0.3) is 6.08 Å². The molecular formula is C13H12N2OS. The number of nitrogens with zero attached hydrogens (tertiary/aromatic N) is 2. The fraction of sp³-hybridized carbons (Fsp3) is 0.154. The summed E-state index contributed by atoms with van der Waals surface area (Å²) in [6.45, 7) is 3.95. The molecule has 2 aromatic rings. The minimum atomic E-state index is -0.00417. The molecule has 0 aliphatic heterocycles. The summed E-state index contributed by atoms with van der Waals surface area (Å²) in [6, 6.07) is 5.81. The van der Waals surface area contributed by atoms with Crippen molar-refractivity contribution in [3.63, 3.8) is 0 Å². The normalized spacial score (nSPS) is 10.9. The molecule has 0 N–H and O–H groups in total. The third kappa shape index (κ3) is 2.85. The van der Waals surface area contributed by atoms with Crippen LogP contribution in [0.15, 0.2) is 29.7 Å². The molecule has 0 saturated carbocycles. The first-order valence-corrected chi connectivity index (χ1v) is 6.07. The molecule has 1 aromatic carbocycles. The molecule has 0 saturated heterocycles. The standard InChI is InChI=1S/C13H12N2OS/c1-9-3-5-12(10(2)7-9)13(16)6-4-11-8-17-15-14-11/h3-8H,1-2H3/b6-4+. The van der Waals surface area contributed by atoms with Crippen molar-refractivity contribution in [2.45, 2.75) is 13.8 Å². The van der Waals surface area contributed by atoms with Crippen LogP contribution in [0.1, 0.15) is 27.2 Å². The van der Waals surface area contributed by atoms with Gasteiger partial charge in [0.15, 0.2) is 5.78 Å². The summed E-state index contributed by atoms with van der Waals surface area (Å²) in [6.07, 6.45) is 3.22. The van der Waals surface area contributed by atoms with Gasteiger partial charge in [0.25, 0.3) is 0 Å². The van der Waals surface area contributed by atoms with E-state index in [4.69, 9.17) is 0 Å². The highest BCUT2D eigenvalue weighted by Crippen LogP contribution is 2.12. The van der Waals surface area contributed by atoms with Crippen molar-refractivity contribution in [3.8, 4) is 0 Å². The first-order chi connectivity index (χ1) is 8.16. The Morgan fingerprint density at radius 2 is 2.18 bits per heavy atom. The van der Waals surface area contributed by atoms with Gasteiger partial charge in [-0.3, -0.25) is 4.79 Å². The minimum Gasteiger partial charge on any atom is -0.289 e. The second-order valence-electron chi connectivity index (χ2n) is 3.85. The average Bonchev–Trinajstić information content (AvgIpc) is 2.78. The van der Waals surface area contributed by atoms with Crippen LogP contribution < -0.4 is 0 Å². The Balaban J connectivity index is 2.20. The number of allylic oxidation sites excluding steroid dienone is 1. The summed E-state index contributed by atoms with van der Waals surface area (Å²) < 4.78 is 3.73. The molecule has 1 aromatic heterocycles. The highest BCUT2D eigenvalue weighted by atomic mass is 32.1. The minimum absolute atomic E-state index is 0.00417. The lowest BCUT2D eigenvalue weighted by Gasteiger charge is -2.02. The van der Waals surface area contributed by atoms with Crippen LogP contribution in [0.5, 0.6) is 0 Å². The van der Waals surface area contributed by atoms with Gasteiger partial charge in [-0.2, -0.15) is 0 Å². The lowest BCUT2D eigenvalue weighted by atomic mass is 10.0. The van der Waals surface area contributed by atoms with Crippen LogP contribution in [-0.2, 0) is 0 Å². The first-order valence-electron chi connectivity index (χ1n) is 5.23. The summed E-state index contributed by atoms with van der Waals surface area (Å²) in [5.41, 5.74) is 3.60. The Kier molecular flexibility index (Phi) is 3.44. The quantitative estimate of drug-likeness (QED) is 0.615. The zero-order chi connectivity index (χ0) is 12.3. The Morgan fingerprint density at radius 1 is 1.35 bits per heavy atom. The molecule has 2 rings (SSSR count). The van der Waals surface area contributed by atoms with E-state index in [-0.39, 0.29) is 5.78 Å². The molecule has 17 heavy (non-hydrogen) atoms. The van der Waals surface area contributed by atoms with E-state index in [1.807, 2.05) is 32.0 Å². The van der Waals surface area contributed by atoms with Gasteiger partial charge in [-0.05, 0) is 43.1 Å². The summed E-state index contributed by atoms with van der Waals surface area (Å²) in [4.78, 5) is 11.9. The number of carbonyl (C=O) groups excluding carboxylic acids is 1. The number of benzene rings is 1. The predicted molar refractivity (Wildman–Crippen MR) is 69.2 cm³/mol. The zero-order valence-corrected chi connectivity index (χ0v) is 10.5. The van der Waals surface area contributed by atoms with Gasteiger partial charge in [0.05, 0.1) is 5.69 Å². The average molecular weight is 244 g/mol. The molecule has 0 unspecified atom stereocenters. The lowest BCUT2D eigenvalue weighted by Crippen LogP contribution is -1.98. The van der Waals surface area contributed by atoms with E-state index < -0.39 is 0 Å². The molecule has 0 amide bonds. The van der Waals surface area contributed by atoms with Gasteiger partial charge in [0, 0.05) is 10.9 Å². The third-order valence-corrected chi connectivity index (χ3v) is 2.95. The number of carbonyl (C=O) groups is 1. The monoisotopic (exact) mass is 244 g/mol. The van der Waals surface area contributed by atoms with Gasteiger partial charge in [-0.1, -0.05) is 28.3 Å². The Morgan fingerprint density at radius 3 is 2.82 bits per heavy atom. The summed E-state index contributed by atoms with van der Waals surface area (Å²) >= 11 is 1.27. The lowest BCUT2D eigenvalue weighted by molar-refractivity contribution is 0.104. The molecule has 0 fully saturated rings. The number of hydrogen-bond donors (Lipinski definition) is 0. The van der Waals surface area contributed by atoms with Gasteiger partial charge >= 0.3 is 0 Å². The van der Waals surface area contributed by atoms with Crippen molar-refractivity contribution in [2.24, 2.45) is 0 Å². The van der Waals surface area contributed by atoms with E-state index >= 15 is 0 Å².